The van der Waals surface area contributed by atoms with E-state index in [1.807, 2.05) is 0 Å². The Morgan fingerprint density at radius 1 is 1.50 bits per heavy atom. The van der Waals surface area contributed by atoms with E-state index in [9.17, 15) is 4.39 Å². The first kappa shape index (κ1) is 13.2. The van der Waals surface area contributed by atoms with Gasteiger partial charge in [0.15, 0.2) is 0 Å². The number of ether oxygens (including phenoxy) is 2. The summed E-state index contributed by atoms with van der Waals surface area (Å²) in [5.74, 6) is 0.283. The third kappa shape index (κ3) is 2.84. The number of hydrogen-bond acceptors (Lipinski definition) is 3. The number of hydrogen-bond donors (Lipinski definition) is 1. The molecule has 1 saturated heterocycles. The molecule has 3 nitrogen and oxygen atoms in total. The zero-order valence-corrected chi connectivity index (χ0v) is 9.85. The third-order valence-electron chi connectivity index (χ3n) is 2.50. The van der Waals surface area contributed by atoms with Crippen LogP contribution in [0.4, 0.5) is 4.39 Å². The standard InChI is InChI=1S/C11H14FNO2.ClH/c1-14-8-2-3-9(10(12)6-8)11-7-15-5-4-13-11;/h2-3,6,11,13H,4-5,7H2,1H3;1H/t11-;/m0./s1. The summed E-state index contributed by atoms with van der Waals surface area (Å²) in [6.07, 6.45) is 0. The van der Waals surface area contributed by atoms with Crippen LogP contribution >= 0.6 is 12.4 Å². The Labute approximate surface area is 100 Å². The molecule has 0 aliphatic carbocycles. The first-order chi connectivity index (χ1) is 7.31. The summed E-state index contributed by atoms with van der Waals surface area (Å²) in [5, 5.41) is 3.21. The van der Waals surface area contributed by atoms with Crippen molar-refractivity contribution >= 4 is 12.4 Å². The van der Waals surface area contributed by atoms with E-state index in [0.717, 1.165) is 6.54 Å². The fourth-order valence-corrected chi connectivity index (χ4v) is 1.68. The van der Waals surface area contributed by atoms with E-state index < -0.39 is 0 Å². The molecular formula is C11H15ClFNO2. The molecule has 0 spiro atoms. The lowest BCUT2D eigenvalue weighted by Gasteiger charge is -2.24. The molecule has 0 amide bonds. The van der Waals surface area contributed by atoms with Crippen molar-refractivity contribution in [2.75, 3.05) is 26.9 Å². The molecule has 0 aromatic heterocycles. The molecular weight excluding hydrogens is 233 g/mol. The smallest absolute Gasteiger partial charge is 0.131 e. The van der Waals surface area contributed by atoms with Crippen molar-refractivity contribution in [3.63, 3.8) is 0 Å². The summed E-state index contributed by atoms with van der Waals surface area (Å²) in [6.45, 7) is 1.97. The third-order valence-corrected chi connectivity index (χ3v) is 2.50. The Balaban J connectivity index is 0.00000128. The second-order valence-electron chi connectivity index (χ2n) is 3.47. The predicted molar refractivity (Wildman–Crippen MR) is 61.8 cm³/mol. The fourth-order valence-electron chi connectivity index (χ4n) is 1.68. The molecule has 1 heterocycles. The van der Waals surface area contributed by atoms with Gasteiger partial charge in [0.1, 0.15) is 11.6 Å². The Kier molecular flexibility index (Phi) is 4.99. The molecule has 5 heteroatoms. The van der Waals surface area contributed by atoms with E-state index in [4.69, 9.17) is 9.47 Å². The summed E-state index contributed by atoms with van der Waals surface area (Å²) < 4.78 is 23.9. The molecule has 2 rings (SSSR count). The summed E-state index contributed by atoms with van der Waals surface area (Å²) in [4.78, 5) is 0. The Morgan fingerprint density at radius 2 is 2.31 bits per heavy atom. The second-order valence-corrected chi connectivity index (χ2v) is 3.47. The molecule has 1 atom stereocenters. The van der Waals surface area contributed by atoms with Crippen LogP contribution in [0.3, 0.4) is 0 Å². The van der Waals surface area contributed by atoms with Crippen molar-refractivity contribution in [1.29, 1.82) is 0 Å². The van der Waals surface area contributed by atoms with Crippen molar-refractivity contribution in [1.82, 2.24) is 5.32 Å². The van der Waals surface area contributed by atoms with E-state index in [1.165, 1.54) is 13.2 Å². The zero-order chi connectivity index (χ0) is 10.7. The lowest BCUT2D eigenvalue weighted by molar-refractivity contribution is 0.0757. The van der Waals surface area contributed by atoms with Gasteiger partial charge in [-0.15, -0.1) is 12.4 Å². The highest BCUT2D eigenvalue weighted by atomic mass is 35.5. The molecule has 0 bridgehead atoms. The summed E-state index contributed by atoms with van der Waals surface area (Å²) >= 11 is 0. The highest BCUT2D eigenvalue weighted by Crippen LogP contribution is 2.23. The zero-order valence-electron chi connectivity index (χ0n) is 9.03. The van der Waals surface area contributed by atoms with E-state index in [-0.39, 0.29) is 24.3 Å². The quantitative estimate of drug-likeness (QED) is 0.866. The minimum atomic E-state index is -0.252. The van der Waals surface area contributed by atoms with Crippen LogP contribution in [-0.2, 0) is 4.74 Å². The average Bonchev–Trinajstić information content (AvgIpc) is 2.30. The van der Waals surface area contributed by atoms with Gasteiger partial charge < -0.3 is 14.8 Å². The van der Waals surface area contributed by atoms with Crippen LogP contribution in [0.25, 0.3) is 0 Å². The van der Waals surface area contributed by atoms with Crippen LogP contribution in [0.2, 0.25) is 0 Å². The highest BCUT2D eigenvalue weighted by molar-refractivity contribution is 5.85. The van der Waals surface area contributed by atoms with Crippen LogP contribution in [0.15, 0.2) is 18.2 Å². The molecule has 16 heavy (non-hydrogen) atoms. The normalized spacial score (nSPS) is 20.0. The van der Waals surface area contributed by atoms with Crippen molar-refractivity contribution in [3.8, 4) is 5.75 Å². The minimum Gasteiger partial charge on any atom is -0.497 e. The van der Waals surface area contributed by atoms with Crippen LogP contribution in [0.1, 0.15) is 11.6 Å². The lowest BCUT2D eigenvalue weighted by Crippen LogP contribution is -2.35. The maximum absolute atomic E-state index is 13.6. The Hall–Kier alpha value is -0.840. The molecule has 1 aromatic rings. The van der Waals surface area contributed by atoms with Gasteiger partial charge in [0, 0.05) is 18.2 Å². The molecule has 1 aromatic carbocycles. The Morgan fingerprint density at radius 3 is 2.88 bits per heavy atom. The molecule has 1 N–H and O–H groups in total. The maximum Gasteiger partial charge on any atom is 0.131 e. The first-order valence-corrected chi connectivity index (χ1v) is 4.96. The van der Waals surface area contributed by atoms with E-state index in [1.54, 1.807) is 12.1 Å². The summed E-state index contributed by atoms with van der Waals surface area (Å²) in [6, 6.07) is 4.84. The molecule has 1 aliphatic heterocycles. The van der Waals surface area contributed by atoms with Gasteiger partial charge in [-0.2, -0.15) is 0 Å². The molecule has 0 saturated carbocycles. The fraction of sp³-hybridized carbons (Fsp3) is 0.455. The van der Waals surface area contributed by atoms with Crippen molar-refractivity contribution in [3.05, 3.63) is 29.6 Å². The minimum absolute atomic E-state index is 0. The first-order valence-electron chi connectivity index (χ1n) is 4.96. The van der Waals surface area contributed by atoms with Gasteiger partial charge >= 0.3 is 0 Å². The number of rotatable bonds is 2. The second kappa shape index (κ2) is 6.03. The number of halogens is 2. The molecule has 0 radical (unpaired) electrons. The van der Waals surface area contributed by atoms with Crippen LogP contribution in [0.5, 0.6) is 5.75 Å². The molecule has 0 unspecified atom stereocenters. The van der Waals surface area contributed by atoms with Gasteiger partial charge in [0.05, 0.1) is 26.4 Å². The maximum atomic E-state index is 13.6. The predicted octanol–water partition coefficient (Wildman–Crippen LogP) is 1.92. The number of morpholine rings is 1. The van der Waals surface area contributed by atoms with Gasteiger partial charge in [-0.3, -0.25) is 0 Å². The summed E-state index contributed by atoms with van der Waals surface area (Å²) in [5.41, 5.74) is 0.635. The summed E-state index contributed by atoms with van der Waals surface area (Å²) in [7, 11) is 1.52. The van der Waals surface area contributed by atoms with Crippen LogP contribution in [-0.4, -0.2) is 26.9 Å². The van der Waals surface area contributed by atoms with Gasteiger partial charge in [0.25, 0.3) is 0 Å². The van der Waals surface area contributed by atoms with Crippen LogP contribution in [0, 0.1) is 5.82 Å². The van der Waals surface area contributed by atoms with E-state index in [0.29, 0.717) is 24.5 Å². The highest BCUT2D eigenvalue weighted by Gasteiger charge is 2.18. The van der Waals surface area contributed by atoms with Gasteiger partial charge in [0.2, 0.25) is 0 Å². The van der Waals surface area contributed by atoms with Crippen molar-refractivity contribution in [2.45, 2.75) is 6.04 Å². The topological polar surface area (TPSA) is 30.5 Å². The van der Waals surface area contributed by atoms with E-state index in [2.05, 4.69) is 5.32 Å². The number of nitrogens with one attached hydrogen (secondary N) is 1. The number of methoxy groups -OCH3 is 1. The monoisotopic (exact) mass is 247 g/mol. The largest absolute Gasteiger partial charge is 0.497 e. The van der Waals surface area contributed by atoms with Gasteiger partial charge in [-0.05, 0) is 6.07 Å². The average molecular weight is 248 g/mol. The molecule has 1 fully saturated rings. The lowest BCUT2D eigenvalue weighted by atomic mass is 10.1. The Bertz CT molecular complexity index is 343. The van der Waals surface area contributed by atoms with Gasteiger partial charge in [-0.25, -0.2) is 4.39 Å². The van der Waals surface area contributed by atoms with Crippen molar-refractivity contribution in [2.24, 2.45) is 0 Å². The van der Waals surface area contributed by atoms with E-state index >= 15 is 0 Å². The molecule has 90 valence electrons. The number of benzene rings is 1. The van der Waals surface area contributed by atoms with Crippen LogP contribution < -0.4 is 10.1 Å². The van der Waals surface area contributed by atoms with Gasteiger partial charge in [-0.1, -0.05) is 6.07 Å². The SMILES string of the molecule is COc1ccc([C@@H]2COCCN2)c(F)c1.Cl. The molecule has 1 aliphatic rings. The van der Waals surface area contributed by atoms with Crippen molar-refractivity contribution < 1.29 is 13.9 Å².